The third-order valence-corrected chi connectivity index (χ3v) is 4.01. The van der Waals surface area contributed by atoms with Gasteiger partial charge >= 0.3 is 0 Å². The highest BCUT2D eigenvalue weighted by atomic mass is 35.5. The van der Waals surface area contributed by atoms with Crippen LogP contribution in [0.2, 0.25) is 5.02 Å². The molecule has 0 fully saturated rings. The summed E-state index contributed by atoms with van der Waals surface area (Å²) in [5.41, 5.74) is 9.62. The lowest BCUT2D eigenvalue weighted by Gasteiger charge is -2.18. The predicted octanol–water partition coefficient (Wildman–Crippen LogP) is 5.58. The number of aldehydes is 1. The molecule has 0 aliphatic rings. The molecule has 0 atom stereocenters. The Hall–Kier alpha value is -3.15. The third kappa shape index (κ3) is 12.3. The van der Waals surface area contributed by atoms with Gasteiger partial charge in [0.05, 0.1) is 6.54 Å². The van der Waals surface area contributed by atoms with Crippen LogP contribution in [0, 0.1) is 12.3 Å². The number of nitrogens with two attached hydrogens (primary N) is 2. The molecule has 0 aliphatic carbocycles. The quantitative estimate of drug-likeness (QED) is 0.140. The molecular formula is C24H31ClN4O. The molecule has 0 aromatic heterocycles. The van der Waals surface area contributed by atoms with Gasteiger partial charge in [-0.1, -0.05) is 60.2 Å². The summed E-state index contributed by atoms with van der Waals surface area (Å²) in [6.07, 6.45) is 7.47. The molecular weight excluding hydrogens is 396 g/mol. The number of benzene rings is 2. The highest BCUT2D eigenvalue weighted by Gasteiger charge is 1.98. The molecule has 0 aliphatic heterocycles. The molecule has 2 aromatic carbocycles. The van der Waals surface area contributed by atoms with Gasteiger partial charge in [0.2, 0.25) is 0 Å². The molecule has 0 unspecified atom stereocenters. The fourth-order valence-electron chi connectivity index (χ4n) is 1.90. The van der Waals surface area contributed by atoms with Crippen LogP contribution in [0.25, 0.3) is 0 Å². The maximum atomic E-state index is 10.1. The lowest BCUT2D eigenvalue weighted by molar-refractivity contribution is 0.112. The van der Waals surface area contributed by atoms with E-state index in [0.29, 0.717) is 17.8 Å². The largest absolute Gasteiger partial charge is 0.398 e. The Labute approximate surface area is 184 Å². The zero-order chi connectivity index (χ0) is 22.9. The van der Waals surface area contributed by atoms with Crippen LogP contribution in [0.3, 0.4) is 0 Å². The van der Waals surface area contributed by atoms with Gasteiger partial charge in [-0.2, -0.15) is 0 Å². The Balaban J connectivity index is 0.000000434. The van der Waals surface area contributed by atoms with Crippen LogP contribution >= 0.6 is 11.6 Å². The highest BCUT2D eigenvalue weighted by molar-refractivity contribution is 6.30. The highest BCUT2D eigenvalue weighted by Crippen LogP contribution is 2.07. The zero-order valence-electron chi connectivity index (χ0n) is 17.8. The first-order valence-corrected chi connectivity index (χ1v) is 9.64. The Morgan fingerprint density at radius 2 is 1.80 bits per heavy atom. The summed E-state index contributed by atoms with van der Waals surface area (Å²) in [6.45, 7) is 10.2. The Kier molecular flexibility index (Phi) is 14.1. The molecule has 0 heterocycles. The van der Waals surface area contributed by atoms with Crippen LogP contribution in [0.1, 0.15) is 29.8 Å². The van der Waals surface area contributed by atoms with E-state index >= 15 is 0 Å². The molecule has 0 amide bonds. The van der Waals surface area contributed by atoms with E-state index in [4.69, 9.17) is 28.6 Å². The molecule has 0 saturated heterocycles. The van der Waals surface area contributed by atoms with Crippen LogP contribution in [0.4, 0.5) is 5.69 Å². The van der Waals surface area contributed by atoms with E-state index in [1.807, 2.05) is 57.2 Å². The van der Waals surface area contributed by atoms with Crippen LogP contribution < -0.4 is 11.6 Å². The van der Waals surface area contributed by atoms with Crippen molar-refractivity contribution in [2.24, 2.45) is 5.84 Å². The fourth-order valence-corrected chi connectivity index (χ4v) is 2.02. The number of rotatable bonds is 6. The van der Waals surface area contributed by atoms with Gasteiger partial charge in [0.1, 0.15) is 0 Å². The number of carbonyl (C=O) groups is 1. The van der Waals surface area contributed by atoms with E-state index in [2.05, 4.69) is 6.58 Å². The molecule has 5 nitrogen and oxygen atoms in total. The van der Waals surface area contributed by atoms with Gasteiger partial charge in [-0.3, -0.25) is 4.79 Å². The Morgan fingerprint density at radius 1 is 1.20 bits per heavy atom. The molecule has 160 valence electrons. The lowest BCUT2D eigenvalue weighted by atomic mass is 10.2. The normalized spacial score (nSPS) is 10.2. The molecule has 0 radical (unpaired) electrons. The monoisotopic (exact) mass is 426 g/mol. The SMILES string of the molecule is C=C(C)N(N)CC(/C=C\C=N)=C/C.Cc1ccc(Cl)cc1.Nc1ccccc1C=O. The smallest absolute Gasteiger partial charge is 0.152 e. The van der Waals surface area contributed by atoms with Crippen molar-refractivity contribution in [1.82, 2.24) is 5.01 Å². The maximum Gasteiger partial charge on any atom is 0.152 e. The first-order chi connectivity index (χ1) is 14.2. The molecule has 0 bridgehead atoms. The van der Waals surface area contributed by atoms with Crippen LogP contribution in [0.15, 0.2) is 84.6 Å². The van der Waals surface area contributed by atoms with Crippen molar-refractivity contribution in [2.75, 3.05) is 12.3 Å². The van der Waals surface area contributed by atoms with Gasteiger partial charge < -0.3 is 16.2 Å². The van der Waals surface area contributed by atoms with E-state index in [1.54, 1.807) is 35.4 Å². The van der Waals surface area contributed by atoms with Crippen molar-refractivity contribution < 1.29 is 4.79 Å². The number of carbonyl (C=O) groups excluding carboxylic acids is 1. The number of nitrogens with zero attached hydrogens (tertiary/aromatic N) is 1. The summed E-state index contributed by atoms with van der Waals surface area (Å²) < 4.78 is 0. The van der Waals surface area contributed by atoms with E-state index < -0.39 is 0 Å². The summed E-state index contributed by atoms with van der Waals surface area (Å²) in [5, 5.41) is 9.21. The summed E-state index contributed by atoms with van der Waals surface area (Å²) >= 11 is 5.61. The minimum atomic E-state index is 0.535. The molecule has 0 saturated carbocycles. The number of aryl methyl sites for hydroxylation is 1. The van der Waals surface area contributed by atoms with Gasteiger partial charge in [-0.15, -0.1) is 0 Å². The average molecular weight is 427 g/mol. The predicted molar refractivity (Wildman–Crippen MR) is 130 cm³/mol. The fraction of sp³-hybridized carbons (Fsp3) is 0.167. The Morgan fingerprint density at radius 3 is 2.20 bits per heavy atom. The number of hydrazine groups is 1. The lowest BCUT2D eigenvalue weighted by Crippen LogP contribution is -2.30. The van der Waals surface area contributed by atoms with E-state index in [1.165, 1.54) is 11.8 Å². The second-order valence-electron chi connectivity index (χ2n) is 6.29. The summed E-state index contributed by atoms with van der Waals surface area (Å²) in [5.74, 6) is 5.67. The number of halogens is 1. The molecule has 6 heteroatoms. The van der Waals surface area contributed by atoms with Gasteiger partial charge in [0, 0.05) is 28.2 Å². The first-order valence-electron chi connectivity index (χ1n) is 9.27. The summed E-state index contributed by atoms with van der Waals surface area (Å²) in [4.78, 5) is 10.1. The minimum Gasteiger partial charge on any atom is -0.398 e. The van der Waals surface area contributed by atoms with Gasteiger partial charge in [0.25, 0.3) is 0 Å². The van der Waals surface area contributed by atoms with Gasteiger partial charge in [-0.05, 0) is 56.7 Å². The van der Waals surface area contributed by atoms with Crippen molar-refractivity contribution in [3.05, 3.63) is 101 Å². The second kappa shape index (κ2) is 15.7. The number of allylic oxidation sites excluding steroid dienone is 3. The zero-order valence-corrected chi connectivity index (χ0v) is 18.6. The standard InChI is InChI=1S/C10H17N3.C7H7Cl.C7H7NO/c1-4-10(6-5-7-11)8-13(12)9(2)3;1-6-2-4-7(8)5-3-6;8-7-4-2-1-3-6(7)5-9/h4-7,11H,2,8,12H2,1,3H3;2-5H,1H3;1-5H,8H2/b6-5-,10-4+,11-7?;;. The Bertz CT molecular complexity index is 837. The van der Waals surface area contributed by atoms with Crippen molar-refractivity contribution in [2.45, 2.75) is 20.8 Å². The topological polar surface area (TPSA) is 96.2 Å². The summed E-state index contributed by atoms with van der Waals surface area (Å²) in [7, 11) is 0. The number of para-hydroxylation sites is 1. The summed E-state index contributed by atoms with van der Waals surface area (Å²) in [6, 6.07) is 14.7. The van der Waals surface area contributed by atoms with Crippen molar-refractivity contribution in [3.63, 3.8) is 0 Å². The number of nitrogen functional groups attached to an aromatic ring is 1. The minimum absolute atomic E-state index is 0.535. The van der Waals surface area contributed by atoms with Crippen LogP contribution in [-0.2, 0) is 0 Å². The second-order valence-corrected chi connectivity index (χ2v) is 6.73. The van der Waals surface area contributed by atoms with Gasteiger partial charge in [-0.25, -0.2) is 5.84 Å². The number of hydrogen-bond donors (Lipinski definition) is 3. The van der Waals surface area contributed by atoms with E-state index in [9.17, 15) is 4.79 Å². The number of anilines is 1. The van der Waals surface area contributed by atoms with Gasteiger partial charge in [0.15, 0.2) is 6.29 Å². The average Bonchev–Trinajstić information content (AvgIpc) is 2.74. The first kappa shape index (κ1) is 26.9. The van der Waals surface area contributed by atoms with Crippen LogP contribution in [-0.4, -0.2) is 24.1 Å². The maximum absolute atomic E-state index is 10.1. The molecule has 2 aromatic rings. The molecule has 2 rings (SSSR count). The third-order valence-electron chi connectivity index (χ3n) is 3.75. The van der Waals surface area contributed by atoms with Crippen molar-refractivity contribution in [1.29, 1.82) is 5.41 Å². The number of nitrogens with one attached hydrogen (secondary N) is 1. The molecule has 5 N–H and O–H groups in total. The van der Waals surface area contributed by atoms with E-state index in [-0.39, 0.29) is 0 Å². The molecule has 30 heavy (non-hydrogen) atoms. The van der Waals surface area contributed by atoms with Crippen molar-refractivity contribution in [3.8, 4) is 0 Å². The number of hydrogen-bond acceptors (Lipinski definition) is 5. The van der Waals surface area contributed by atoms with Crippen LogP contribution in [0.5, 0.6) is 0 Å². The molecule has 0 spiro atoms. The van der Waals surface area contributed by atoms with E-state index in [0.717, 1.165) is 22.6 Å². The van der Waals surface area contributed by atoms with Crippen molar-refractivity contribution >= 4 is 29.8 Å².